The van der Waals surface area contributed by atoms with Crippen LogP contribution in [0.5, 0.6) is 5.75 Å². The molecule has 0 saturated carbocycles. The first-order chi connectivity index (χ1) is 6.77. The van der Waals surface area contributed by atoms with Gasteiger partial charge < -0.3 is 10.1 Å². The van der Waals surface area contributed by atoms with Gasteiger partial charge in [-0.05, 0) is 19.1 Å². The molecule has 1 N–H and O–H groups in total. The van der Waals surface area contributed by atoms with Crippen LogP contribution in [0, 0.1) is 6.92 Å². The monoisotopic (exact) mass is 193 g/mol. The zero-order valence-corrected chi connectivity index (χ0v) is 8.76. The van der Waals surface area contributed by atoms with E-state index in [1.54, 1.807) is 0 Å². The fraction of sp³-hybridized carbons (Fsp3) is 0.364. The average molecular weight is 193 g/mol. The van der Waals surface area contributed by atoms with Crippen molar-refractivity contribution >= 4 is 5.91 Å². The molecule has 0 bridgehead atoms. The van der Waals surface area contributed by atoms with E-state index in [0.29, 0.717) is 11.3 Å². The third-order valence-electron chi connectivity index (χ3n) is 1.84. The van der Waals surface area contributed by atoms with Crippen LogP contribution in [0.2, 0.25) is 0 Å². The van der Waals surface area contributed by atoms with Gasteiger partial charge in [0.25, 0.3) is 5.91 Å². The van der Waals surface area contributed by atoms with Gasteiger partial charge in [0, 0.05) is 0 Å². The molecule has 0 unspecified atom stereocenters. The maximum Gasteiger partial charge on any atom is 0.257 e. The molecule has 3 nitrogen and oxygen atoms in total. The molecule has 0 aliphatic carbocycles. The molecule has 2 rings (SSSR count). The second-order valence-corrected chi connectivity index (χ2v) is 2.79. The first kappa shape index (κ1) is 10.6. The summed E-state index contributed by atoms with van der Waals surface area (Å²) >= 11 is 0. The average Bonchev–Trinajstić information content (AvgIpc) is 2.22. The van der Waals surface area contributed by atoms with Crippen LogP contribution in [0.4, 0.5) is 0 Å². The Morgan fingerprint density at radius 3 is 2.79 bits per heavy atom. The van der Waals surface area contributed by atoms with Crippen molar-refractivity contribution in [2.24, 2.45) is 0 Å². The quantitative estimate of drug-likeness (QED) is 0.685. The van der Waals surface area contributed by atoms with Gasteiger partial charge in [0.05, 0.1) is 5.56 Å². The number of rotatable bonds is 0. The lowest BCUT2D eigenvalue weighted by atomic mass is 10.1. The van der Waals surface area contributed by atoms with Gasteiger partial charge in [-0.15, -0.1) is 0 Å². The van der Waals surface area contributed by atoms with Gasteiger partial charge >= 0.3 is 0 Å². The third kappa shape index (κ3) is 2.05. The minimum Gasteiger partial charge on any atom is -0.472 e. The molecule has 1 amide bonds. The fourth-order valence-corrected chi connectivity index (χ4v) is 1.22. The Kier molecular flexibility index (Phi) is 3.51. The summed E-state index contributed by atoms with van der Waals surface area (Å²) < 4.78 is 5.22. The molecule has 0 atom stereocenters. The topological polar surface area (TPSA) is 38.3 Å². The van der Waals surface area contributed by atoms with Crippen LogP contribution in [0.25, 0.3) is 0 Å². The van der Waals surface area contributed by atoms with Gasteiger partial charge in [-0.1, -0.05) is 25.5 Å². The van der Waals surface area contributed by atoms with Gasteiger partial charge in [-0.2, -0.15) is 0 Å². The minimum atomic E-state index is -0.0556. The van der Waals surface area contributed by atoms with Gasteiger partial charge in [0.1, 0.15) is 5.75 Å². The standard InChI is InChI=1S/C9H9NO2.C2H6/c1-6-2-3-8-7(4-6)9(11)10-5-12-8;1-2/h2-4H,5H2,1H3,(H,10,11);1-2H3. The third-order valence-corrected chi connectivity index (χ3v) is 1.84. The zero-order chi connectivity index (χ0) is 10.6. The number of nitrogens with one attached hydrogen (secondary N) is 1. The second kappa shape index (κ2) is 4.65. The van der Waals surface area contributed by atoms with Gasteiger partial charge in [0.15, 0.2) is 6.73 Å². The summed E-state index contributed by atoms with van der Waals surface area (Å²) in [6.45, 7) is 6.22. The van der Waals surface area contributed by atoms with E-state index in [2.05, 4.69) is 5.32 Å². The number of hydrogen-bond donors (Lipinski definition) is 1. The Morgan fingerprint density at radius 1 is 1.36 bits per heavy atom. The summed E-state index contributed by atoms with van der Waals surface area (Å²) in [5.41, 5.74) is 1.69. The fourth-order valence-electron chi connectivity index (χ4n) is 1.22. The molecule has 1 aliphatic rings. The predicted octanol–water partition coefficient (Wildman–Crippen LogP) is 2.10. The summed E-state index contributed by atoms with van der Waals surface area (Å²) in [5, 5.41) is 2.60. The molecule has 0 fully saturated rings. The van der Waals surface area contributed by atoms with Crippen LogP contribution in [-0.4, -0.2) is 12.6 Å². The lowest BCUT2D eigenvalue weighted by Gasteiger charge is -2.17. The minimum absolute atomic E-state index is 0.0556. The highest BCUT2D eigenvalue weighted by molar-refractivity contribution is 5.97. The van der Waals surface area contributed by atoms with Gasteiger partial charge in [-0.25, -0.2) is 0 Å². The van der Waals surface area contributed by atoms with Crippen LogP contribution in [0.15, 0.2) is 18.2 Å². The van der Waals surface area contributed by atoms with Gasteiger partial charge in [-0.3, -0.25) is 4.79 Å². The molecule has 1 aliphatic heterocycles. The smallest absolute Gasteiger partial charge is 0.257 e. The Labute approximate surface area is 84.1 Å². The normalized spacial score (nSPS) is 12.9. The van der Waals surface area contributed by atoms with Crippen molar-refractivity contribution in [2.45, 2.75) is 20.8 Å². The molecule has 1 aromatic carbocycles. The molecular formula is C11H15NO2. The lowest BCUT2D eigenvalue weighted by molar-refractivity contribution is 0.0883. The molecule has 0 saturated heterocycles. The maximum atomic E-state index is 11.2. The highest BCUT2D eigenvalue weighted by atomic mass is 16.5. The first-order valence-electron chi connectivity index (χ1n) is 4.79. The van der Waals surface area contributed by atoms with E-state index in [0.717, 1.165) is 5.56 Å². The first-order valence-corrected chi connectivity index (χ1v) is 4.79. The summed E-state index contributed by atoms with van der Waals surface area (Å²) in [6, 6.07) is 5.57. The van der Waals surface area contributed by atoms with Crippen molar-refractivity contribution in [1.82, 2.24) is 5.32 Å². The molecule has 0 radical (unpaired) electrons. The van der Waals surface area contributed by atoms with E-state index < -0.39 is 0 Å². The molecule has 1 heterocycles. The van der Waals surface area contributed by atoms with Crippen LogP contribution in [0.1, 0.15) is 29.8 Å². The number of hydrogen-bond acceptors (Lipinski definition) is 2. The maximum absolute atomic E-state index is 11.2. The lowest BCUT2D eigenvalue weighted by Crippen LogP contribution is -2.32. The highest BCUT2D eigenvalue weighted by Gasteiger charge is 2.16. The van der Waals surface area contributed by atoms with Crippen molar-refractivity contribution < 1.29 is 9.53 Å². The van der Waals surface area contributed by atoms with Gasteiger partial charge in [0.2, 0.25) is 0 Å². The van der Waals surface area contributed by atoms with E-state index in [9.17, 15) is 4.79 Å². The van der Waals surface area contributed by atoms with Crippen molar-refractivity contribution in [1.29, 1.82) is 0 Å². The summed E-state index contributed by atoms with van der Waals surface area (Å²) in [7, 11) is 0. The summed E-state index contributed by atoms with van der Waals surface area (Å²) in [4.78, 5) is 11.2. The summed E-state index contributed by atoms with van der Waals surface area (Å²) in [6.07, 6.45) is 0. The van der Waals surface area contributed by atoms with Crippen molar-refractivity contribution in [2.75, 3.05) is 6.73 Å². The van der Waals surface area contributed by atoms with Crippen LogP contribution in [0.3, 0.4) is 0 Å². The van der Waals surface area contributed by atoms with E-state index in [1.165, 1.54) is 0 Å². The molecule has 3 heteroatoms. The molecular weight excluding hydrogens is 178 g/mol. The number of benzene rings is 1. The van der Waals surface area contributed by atoms with Crippen molar-refractivity contribution in [3.8, 4) is 5.75 Å². The molecule has 76 valence electrons. The Bertz CT molecular complexity index is 334. The molecule has 1 aromatic rings. The number of carbonyl (C=O) groups excluding carboxylic acids is 1. The second-order valence-electron chi connectivity index (χ2n) is 2.79. The van der Waals surface area contributed by atoms with Crippen LogP contribution in [-0.2, 0) is 0 Å². The molecule has 14 heavy (non-hydrogen) atoms. The molecule has 0 aromatic heterocycles. The van der Waals surface area contributed by atoms with Crippen molar-refractivity contribution in [3.63, 3.8) is 0 Å². The SMILES string of the molecule is CC.Cc1ccc2c(c1)C(=O)NCO2. The van der Waals surface area contributed by atoms with Crippen LogP contribution >= 0.6 is 0 Å². The van der Waals surface area contributed by atoms with Crippen molar-refractivity contribution in [3.05, 3.63) is 29.3 Å². The van der Waals surface area contributed by atoms with Crippen LogP contribution < -0.4 is 10.1 Å². The number of aryl methyl sites for hydroxylation is 1. The largest absolute Gasteiger partial charge is 0.472 e. The van der Waals surface area contributed by atoms with E-state index in [-0.39, 0.29) is 12.6 Å². The Hall–Kier alpha value is -1.51. The number of amides is 1. The molecule has 0 spiro atoms. The number of fused-ring (bicyclic) bond motifs is 1. The summed E-state index contributed by atoms with van der Waals surface area (Å²) in [5.74, 6) is 0.615. The van der Waals surface area contributed by atoms with E-state index in [1.807, 2.05) is 39.0 Å². The predicted molar refractivity (Wildman–Crippen MR) is 55.5 cm³/mol. The Morgan fingerprint density at radius 2 is 2.07 bits per heavy atom. The number of ether oxygens (including phenoxy) is 1. The number of carbonyl (C=O) groups is 1. The Balaban J connectivity index is 0.000000461. The zero-order valence-electron chi connectivity index (χ0n) is 8.76. The van der Waals surface area contributed by atoms with E-state index in [4.69, 9.17) is 4.74 Å². The highest BCUT2D eigenvalue weighted by Crippen LogP contribution is 2.21. The van der Waals surface area contributed by atoms with E-state index >= 15 is 0 Å².